The molecule has 0 spiro atoms. The molecule has 0 radical (unpaired) electrons. The predicted molar refractivity (Wildman–Crippen MR) is 117 cm³/mol. The van der Waals surface area contributed by atoms with Gasteiger partial charge in [-0.15, -0.1) is 0 Å². The van der Waals surface area contributed by atoms with E-state index in [4.69, 9.17) is 23.3 Å². The monoisotopic (exact) mass is 448 g/mol. The van der Waals surface area contributed by atoms with Gasteiger partial charge in [-0.3, -0.25) is 9.36 Å². The van der Waals surface area contributed by atoms with Gasteiger partial charge in [0, 0.05) is 5.92 Å². The van der Waals surface area contributed by atoms with Crippen molar-refractivity contribution in [2.24, 2.45) is 5.92 Å². The van der Waals surface area contributed by atoms with Crippen molar-refractivity contribution < 1.29 is 32.6 Å². The van der Waals surface area contributed by atoms with Crippen molar-refractivity contribution in [1.82, 2.24) is 0 Å². The van der Waals surface area contributed by atoms with Crippen LogP contribution in [0.2, 0.25) is 0 Å². The highest BCUT2D eigenvalue weighted by Crippen LogP contribution is 2.58. The first-order valence-electron chi connectivity index (χ1n) is 10.4. The van der Waals surface area contributed by atoms with Gasteiger partial charge in [0.2, 0.25) is 0 Å². The van der Waals surface area contributed by atoms with E-state index in [-0.39, 0.29) is 25.7 Å². The topological polar surface area (TPSA) is 80.3 Å². The molecule has 8 heteroatoms. The molecule has 2 aromatic rings. The summed E-state index contributed by atoms with van der Waals surface area (Å²) in [5.41, 5.74) is 1.03. The Morgan fingerprint density at radius 2 is 1.71 bits per heavy atom. The highest BCUT2D eigenvalue weighted by molar-refractivity contribution is 7.55. The van der Waals surface area contributed by atoms with Crippen LogP contribution in [0.4, 0.5) is 0 Å². The van der Waals surface area contributed by atoms with Crippen molar-refractivity contribution in [2.75, 3.05) is 26.9 Å². The van der Waals surface area contributed by atoms with Gasteiger partial charge in [-0.05, 0) is 43.5 Å². The molecule has 2 aromatic carbocycles. The summed E-state index contributed by atoms with van der Waals surface area (Å²) in [5, 5.41) is 0. The molecule has 0 bridgehead atoms. The van der Waals surface area contributed by atoms with Crippen molar-refractivity contribution in [3.05, 3.63) is 59.7 Å². The van der Waals surface area contributed by atoms with Crippen LogP contribution in [0.5, 0.6) is 11.5 Å². The number of esters is 1. The molecule has 0 aliphatic carbocycles. The van der Waals surface area contributed by atoms with Gasteiger partial charge in [0.25, 0.3) is 0 Å². The number of hydrogen-bond acceptors (Lipinski definition) is 7. The first-order valence-corrected chi connectivity index (χ1v) is 12.0. The molecule has 1 saturated heterocycles. The number of cyclic esters (lactones) is 1. The van der Waals surface area contributed by atoms with Crippen LogP contribution in [0, 0.1) is 5.92 Å². The zero-order valence-corrected chi connectivity index (χ0v) is 19.0. The maximum absolute atomic E-state index is 13.2. The molecule has 0 saturated carbocycles. The second-order valence-electron chi connectivity index (χ2n) is 7.17. The van der Waals surface area contributed by atoms with Gasteiger partial charge in [0.15, 0.2) is 17.2 Å². The summed E-state index contributed by atoms with van der Waals surface area (Å²) in [6, 6.07) is 15.5. The van der Waals surface area contributed by atoms with E-state index >= 15 is 0 Å². The van der Waals surface area contributed by atoms with Crippen molar-refractivity contribution in [3.8, 4) is 11.5 Å². The van der Waals surface area contributed by atoms with Crippen LogP contribution in [0.15, 0.2) is 48.5 Å². The SMILES string of the molecule is CCOP(=O)(OCC)C1C(=O)OCC1Cc1ccc(OCc2ccccc2)c(OC)c1. The van der Waals surface area contributed by atoms with Crippen LogP contribution in [-0.4, -0.2) is 38.6 Å². The average Bonchev–Trinajstić information content (AvgIpc) is 3.14. The number of ether oxygens (including phenoxy) is 3. The number of hydrogen-bond donors (Lipinski definition) is 0. The largest absolute Gasteiger partial charge is 0.493 e. The first-order chi connectivity index (χ1) is 15.0. The lowest BCUT2D eigenvalue weighted by Crippen LogP contribution is -2.26. The maximum Gasteiger partial charge on any atom is 0.345 e. The third-order valence-electron chi connectivity index (χ3n) is 5.05. The molecular weight excluding hydrogens is 419 g/mol. The van der Waals surface area contributed by atoms with Crippen molar-refractivity contribution in [3.63, 3.8) is 0 Å². The molecule has 2 unspecified atom stereocenters. The minimum absolute atomic E-state index is 0.169. The summed E-state index contributed by atoms with van der Waals surface area (Å²) in [5.74, 6) is 0.356. The van der Waals surface area contributed by atoms with Gasteiger partial charge in [0.1, 0.15) is 6.61 Å². The second kappa shape index (κ2) is 10.8. The molecule has 7 nitrogen and oxygen atoms in total. The first kappa shape index (κ1) is 23.3. The molecule has 2 atom stereocenters. The van der Waals surface area contributed by atoms with Gasteiger partial charge < -0.3 is 23.3 Å². The summed E-state index contributed by atoms with van der Waals surface area (Å²) in [7, 11) is -2.04. The molecule has 1 fully saturated rings. The highest BCUT2D eigenvalue weighted by atomic mass is 31.2. The Morgan fingerprint density at radius 3 is 2.35 bits per heavy atom. The Hall–Kier alpha value is -2.34. The Balaban J connectivity index is 1.75. The third-order valence-corrected chi connectivity index (χ3v) is 7.60. The number of rotatable bonds is 11. The van der Waals surface area contributed by atoms with Gasteiger partial charge >= 0.3 is 13.6 Å². The third kappa shape index (κ3) is 5.67. The molecule has 0 amide bonds. The molecule has 3 rings (SSSR count). The quantitative estimate of drug-likeness (QED) is 0.366. The number of carbonyl (C=O) groups is 1. The van der Waals surface area contributed by atoms with E-state index in [9.17, 15) is 9.36 Å². The zero-order valence-electron chi connectivity index (χ0n) is 18.1. The molecular formula is C23H29O7P. The smallest absolute Gasteiger partial charge is 0.345 e. The normalized spacial score (nSPS) is 18.6. The Labute approximate surface area is 183 Å². The second-order valence-corrected chi connectivity index (χ2v) is 9.33. The fourth-order valence-electron chi connectivity index (χ4n) is 3.67. The molecule has 1 aliphatic heterocycles. The average molecular weight is 448 g/mol. The molecule has 1 heterocycles. The molecule has 0 aromatic heterocycles. The molecule has 1 aliphatic rings. The summed E-state index contributed by atoms with van der Waals surface area (Å²) < 4.78 is 40.7. The molecule has 31 heavy (non-hydrogen) atoms. The molecule has 0 N–H and O–H groups in total. The minimum Gasteiger partial charge on any atom is -0.493 e. The van der Waals surface area contributed by atoms with Crippen molar-refractivity contribution in [2.45, 2.75) is 32.5 Å². The highest BCUT2D eigenvalue weighted by Gasteiger charge is 2.51. The van der Waals surface area contributed by atoms with Crippen molar-refractivity contribution >= 4 is 13.6 Å². The van der Waals surface area contributed by atoms with Crippen LogP contribution in [0.3, 0.4) is 0 Å². The Kier molecular flexibility index (Phi) is 8.13. The zero-order chi connectivity index (χ0) is 22.3. The Morgan fingerprint density at radius 1 is 1.00 bits per heavy atom. The lowest BCUT2D eigenvalue weighted by atomic mass is 9.98. The van der Waals surface area contributed by atoms with Crippen LogP contribution in [-0.2, 0) is 36.2 Å². The number of methoxy groups -OCH3 is 1. The van der Waals surface area contributed by atoms with Gasteiger partial charge in [-0.2, -0.15) is 0 Å². The van der Waals surface area contributed by atoms with E-state index < -0.39 is 19.2 Å². The van der Waals surface area contributed by atoms with Crippen LogP contribution in [0.25, 0.3) is 0 Å². The maximum atomic E-state index is 13.2. The van der Waals surface area contributed by atoms with Crippen LogP contribution < -0.4 is 9.47 Å². The standard InChI is InChI=1S/C23H29O7P/c1-4-29-31(25,30-5-2)22-19(16-28-23(22)24)13-18-11-12-20(21(14-18)26-3)27-15-17-9-7-6-8-10-17/h6-12,14,19,22H,4-5,13,15-16H2,1-3H3. The van der Waals surface area contributed by atoms with E-state index in [1.54, 1.807) is 21.0 Å². The number of carbonyl (C=O) groups excluding carboxylic acids is 1. The molecule has 168 valence electrons. The summed E-state index contributed by atoms with van der Waals surface area (Å²) in [6.45, 7) is 4.42. The Bertz CT molecular complexity index is 905. The van der Waals surface area contributed by atoms with Crippen LogP contribution in [0.1, 0.15) is 25.0 Å². The summed E-state index contributed by atoms with van der Waals surface area (Å²) >= 11 is 0. The van der Waals surface area contributed by atoms with Gasteiger partial charge in [-0.1, -0.05) is 36.4 Å². The van der Waals surface area contributed by atoms with Crippen molar-refractivity contribution in [1.29, 1.82) is 0 Å². The van der Waals surface area contributed by atoms with E-state index in [0.29, 0.717) is 24.5 Å². The van der Waals surface area contributed by atoms with E-state index in [1.165, 1.54) is 0 Å². The van der Waals surface area contributed by atoms with Gasteiger partial charge in [-0.25, -0.2) is 0 Å². The van der Waals surface area contributed by atoms with E-state index in [0.717, 1.165) is 11.1 Å². The summed E-state index contributed by atoms with van der Waals surface area (Å²) in [6.07, 6.45) is 0.468. The fourth-order valence-corrected chi connectivity index (χ4v) is 5.83. The predicted octanol–water partition coefficient (Wildman–Crippen LogP) is 4.62. The lowest BCUT2D eigenvalue weighted by Gasteiger charge is -2.24. The van der Waals surface area contributed by atoms with Crippen LogP contribution >= 0.6 is 7.60 Å². The summed E-state index contributed by atoms with van der Waals surface area (Å²) in [4.78, 5) is 12.4. The lowest BCUT2D eigenvalue weighted by molar-refractivity contribution is -0.138. The van der Waals surface area contributed by atoms with E-state index in [1.807, 2.05) is 48.5 Å². The van der Waals surface area contributed by atoms with E-state index in [2.05, 4.69) is 0 Å². The van der Waals surface area contributed by atoms with Gasteiger partial charge in [0.05, 0.1) is 26.9 Å². The fraction of sp³-hybridized carbons (Fsp3) is 0.435. The minimum atomic E-state index is -3.62. The number of benzene rings is 2.